The van der Waals surface area contributed by atoms with Gasteiger partial charge in [0.2, 0.25) is 0 Å². The van der Waals surface area contributed by atoms with Crippen LogP contribution in [-0.2, 0) is 4.74 Å². The van der Waals surface area contributed by atoms with Crippen LogP contribution in [0.5, 0.6) is 0 Å². The zero-order chi connectivity index (χ0) is 21.0. The number of methoxy groups -OCH3 is 1. The Labute approximate surface area is 168 Å². The molecule has 2 aromatic carbocycles. The zero-order valence-corrected chi connectivity index (χ0v) is 16.2. The molecule has 0 spiro atoms. The molecule has 0 radical (unpaired) electrons. The summed E-state index contributed by atoms with van der Waals surface area (Å²) in [6, 6.07) is 10.4. The molecule has 150 valence electrons. The van der Waals surface area contributed by atoms with Crippen molar-refractivity contribution in [2.75, 3.05) is 50.6 Å². The minimum absolute atomic E-state index is 0.130. The number of amides is 1. The van der Waals surface area contributed by atoms with Crippen LogP contribution in [-0.4, -0.2) is 57.1 Å². The highest BCUT2D eigenvalue weighted by atomic mass is 19.1. The van der Waals surface area contributed by atoms with Gasteiger partial charge in [-0.15, -0.1) is 0 Å². The molecule has 8 heteroatoms. The first-order valence-electron chi connectivity index (χ1n) is 9.10. The maximum Gasteiger partial charge on any atom is 0.337 e. The number of hydrogen-bond donors (Lipinski definition) is 1. The number of carbonyl (C=O) groups is 2. The Balaban J connectivity index is 1.93. The Morgan fingerprint density at radius 1 is 1.14 bits per heavy atom. The Hall–Kier alpha value is -3.44. The Bertz CT molecular complexity index is 978. The van der Waals surface area contributed by atoms with Gasteiger partial charge in [0, 0.05) is 26.2 Å². The van der Waals surface area contributed by atoms with E-state index >= 15 is 0 Å². The largest absolute Gasteiger partial charge is 0.465 e. The van der Waals surface area contributed by atoms with Crippen LogP contribution in [0.25, 0.3) is 0 Å². The van der Waals surface area contributed by atoms with Crippen LogP contribution >= 0.6 is 0 Å². The summed E-state index contributed by atoms with van der Waals surface area (Å²) < 4.78 is 19.0. The lowest BCUT2D eigenvalue weighted by Crippen LogP contribution is -2.44. The lowest BCUT2D eigenvalue weighted by atomic mass is 10.1. The number of likely N-dealkylation sites (N-methyl/N-ethyl adjacent to an activating group) is 1. The summed E-state index contributed by atoms with van der Waals surface area (Å²) in [5.41, 5.74) is 1.36. The van der Waals surface area contributed by atoms with Gasteiger partial charge in [-0.05, 0) is 43.4 Å². The highest BCUT2D eigenvalue weighted by molar-refractivity contribution is 6.07. The van der Waals surface area contributed by atoms with Crippen molar-refractivity contribution in [3.05, 3.63) is 58.9 Å². The molecule has 0 aliphatic carbocycles. The van der Waals surface area contributed by atoms with E-state index in [1.165, 1.54) is 25.3 Å². The average Bonchev–Trinajstić information content (AvgIpc) is 2.73. The summed E-state index contributed by atoms with van der Waals surface area (Å²) in [6.07, 6.45) is 0. The molecule has 2 aromatic rings. The van der Waals surface area contributed by atoms with Gasteiger partial charge in [-0.3, -0.25) is 4.79 Å². The molecule has 7 nitrogen and oxygen atoms in total. The Morgan fingerprint density at radius 3 is 2.48 bits per heavy atom. The van der Waals surface area contributed by atoms with Gasteiger partial charge in [0.1, 0.15) is 5.82 Å². The van der Waals surface area contributed by atoms with Crippen molar-refractivity contribution in [1.29, 1.82) is 5.26 Å². The van der Waals surface area contributed by atoms with Crippen LogP contribution in [0.15, 0.2) is 36.4 Å². The fourth-order valence-electron chi connectivity index (χ4n) is 3.16. The predicted molar refractivity (Wildman–Crippen MR) is 107 cm³/mol. The number of nitrogens with one attached hydrogen (secondary N) is 1. The third-order valence-corrected chi connectivity index (χ3v) is 4.85. The highest BCUT2D eigenvalue weighted by Gasteiger charge is 2.21. The minimum atomic E-state index is -0.785. The molecular weight excluding hydrogens is 375 g/mol. The molecule has 1 saturated heterocycles. The summed E-state index contributed by atoms with van der Waals surface area (Å²) in [5, 5.41) is 11.6. The number of halogens is 1. The molecule has 0 unspecified atom stereocenters. The second kappa shape index (κ2) is 8.71. The fraction of sp³-hybridized carbons (Fsp3) is 0.286. The number of benzene rings is 2. The second-order valence-corrected chi connectivity index (χ2v) is 6.77. The minimum Gasteiger partial charge on any atom is -0.465 e. The SMILES string of the molecule is COC(=O)c1ccc(N2CCN(C)CC2)c(NC(=O)c2ccc(C#N)cc2F)c1. The first-order chi connectivity index (χ1) is 13.9. The number of rotatable bonds is 4. The molecule has 1 aliphatic heterocycles. The van der Waals surface area contributed by atoms with Crippen molar-refractivity contribution in [1.82, 2.24) is 4.90 Å². The number of hydrogen-bond acceptors (Lipinski definition) is 6. The first-order valence-corrected chi connectivity index (χ1v) is 9.10. The predicted octanol–water partition coefficient (Wildman–Crippen LogP) is 2.49. The van der Waals surface area contributed by atoms with E-state index < -0.39 is 17.7 Å². The lowest BCUT2D eigenvalue weighted by Gasteiger charge is -2.35. The molecule has 29 heavy (non-hydrogen) atoms. The van der Waals surface area contributed by atoms with Crippen molar-refractivity contribution in [2.45, 2.75) is 0 Å². The fourth-order valence-corrected chi connectivity index (χ4v) is 3.16. The topological polar surface area (TPSA) is 85.7 Å². The van der Waals surface area contributed by atoms with E-state index in [1.807, 2.05) is 13.1 Å². The van der Waals surface area contributed by atoms with Gasteiger partial charge in [0.25, 0.3) is 5.91 Å². The molecule has 1 fully saturated rings. The first kappa shape index (κ1) is 20.3. The van der Waals surface area contributed by atoms with E-state index in [1.54, 1.807) is 12.1 Å². The monoisotopic (exact) mass is 396 g/mol. The van der Waals surface area contributed by atoms with Crippen LogP contribution in [0.1, 0.15) is 26.3 Å². The van der Waals surface area contributed by atoms with Crippen LogP contribution in [0.3, 0.4) is 0 Å². The second-order valence-electron chi connectivity index (χ2n) is 6.77. The number of ether oxygens (including phenoxy) is 1. The molecule has 1 heterocycles. The van der Waals surface area contributed by atoms with E-state index in [2.05, 4.69) is 15.1 Å². The number of nitrogens with zero attached hydrogens (tertiary/aromatic N) is 3. The normalized spacial score (nSPS) is 14.2. The zero-order valence-electron chi connectivity index (χ0n) is 16.2. The van der Waals surface area contributed by atoms with Crippen molar-refractivity contribution in [3.63, 3.8) is 0 Å². The summed E-state index contributed by atoms with van der Waals surface area (Å²) in [4.78, 5) is 28.9. The van der Waals surface area contributed by atoms with E-state index in [-0.39, 0.29) is 16.7 Å². The summed E-state index contributed by atoms with van der Waals surface area (Å²) in [5.74, 6) is -1.98. The maximum atomic E-state index is 14.2. The molecular formula is C21H21FN4O3. The van der Waals surface area contributed by atoms with Crippen LogP contribution < -0.4 is 10.2 Å². The standard InChI is InChI=1S/C21H21FN4O3/c1-25-7-9-26(10-8-25)19-6-4-15(21(28)29-2)12-18(19)24-20(27)16-5-3-14(13-23)11-17(16)22/h3-6,11-12H,7-10H2,1-2H3,(H,24,27). The van der Waals surface area contributed by atoms with E-state index in [4.69, 9.17) is 10.00 Å². The van der Waals surface area contributed by atoms with E-state index in [9.17, 15) is 14.0 Å². The number of esters is 1. The Kier molecular flexibility index (Phi) is 6.10. The molecule has 1 amide bonds. The molecule has 1 aliphatic rings. The highest BCUT2D eigenvalue weighted by Crippen LogP contribution is 2.29. The Morgan fingerprint density at radius 2 is 1.86 bits per heavy atom. The number of anilines is 2. The smallest absolute Gasteiger partial charge is 0.337 e. The molecule has 3 rings (SSSR count). The molecule has 0 saturated carbocycles. The van der Waals surface area contributed by atoms with Gasteiger partial charge in [0.15, 0.2) is 0 Å². The van der Waals surface area contributed by atoms with Crippen LogP contribution in [0, 0.1) is 17.1 Å². The summed E-state index contributed by atoms with van der Waals surface area (Å²) >= 11 is 0. The summed E-state index contributed by atoms with van der Waals surface area (Å²) in [6.45, 7) is 3.22. The number of nitriles is 1. The average molecular weight is 396 g/mol. The maximum absolute atomic E-state index is 14.2. The van der Waals surface area contributed by atoms with Crippen molar-refractivity contribution < 1.29 is 18.7 Å². The third-order valence-electron chi connectivity index (χ3n) is 4.85. The third kappa shape index (κ3) is 4.52. The van der Waals surface area contributed by atoms with Gasteiger partial charge in [-0.1, -0.05) is 0 Å². The summed E-state index contributed by atoms with van der Waals surface area (Å²) in [7, 11) is 3.31. The number of carbonyl (C=O) groups excluding carboxylic acids is 2. The van der Waals surface area contributed by atoms with Crippen LogP contribution in [0.2, 0.25) is 0 Å². The van der Waals surface area contributed by atoms with Crippen molar-refractivity contribution in [3.8, 4) is 6.07 Å². The molecule has 0 aromatic heterocycles. The van der Waals surface area contributed by atoms with Gasteiger partial charge >= 0.3 is 5.97 Å². The molecule has 0 bridgehead atoms. The van der Waals surface area contributed by atoms with E-state index in [0.717, 1.165) is 37.9 Å². The van der Waals surface area contributed by atoms with Gasteiger partial charge < -0.3 is 19.9 Å². The molecule has 1 N–H and O–H groups in total. The lowest BCUT2D eigenvalue weighted by molar-refractivity contribution is 0.0600. The van der Waals surface area contributed by atoms with Gasteiger partial charge in [0.05, 0.1) is 41.2 Å². The van der Waals surface area contributed by atoms with Crippen molar-refractivity contribution >= 4 is 23.3 Å². The quantitative estimate of drug-likeness (QED) is 0.800. The van der Waals surface area contributed by atoms with Crippen molar-refractivity contribution in [2.24, 2.45) is 0 Å². The van der Waals surface area contributed by atoms with Gasteiger partial charge in [-0.25, -0.2) is 9.18 Å². The molecule has 0 atom stereocenters. The van der Waals surface area contributed by atoms with Gasteiger partial charge in [-0.2, -0.15) is 5.26 Å². The van der Waals surface area contributed by atoms with Crippen LogP contribution in [0.4, 0.5) is 15.8 Å². The number of piperazine rings is 1. The van der Waals surface area contributed by atoms with E-state index in [0.29, 0.717) is 5.69 Å².